The number of amides is 1. The fraction of sp³-hybridized carbons (Fsp3) is 0.207. The maximum atomic E-state index is 13.9. The van der Waals surface area contributed by atoms with Crippen molar-refractivity contribution in [2.45, 2.75) is 38.6 Å². The Bertz CT molecular complexity index is 1400. The van der Waals surface area contributed by atoms with Gasteiger partial charge in [0.1, 0.15) is 5.75 Å². The average molecular weight is 501 g/mol. The van der Waals surface area contributed by atoms with Crippen LogP contribution < -0.4 is 15.0 Å². The van der Waals surface area contributed by atoms with Crippen LogP contribution in [0, 0.1) is 0 Å². The van der Waals surface area contributed by atoms with Gasteiger partial charge in [-0.3, -0.25) is 19.3 Å². The summed E-state index contributed by atoms with van der Waals surface area (Å²) >= 11 is 6.09. The van der Waals surface area contributed by atoms with E-state index in [2.05, 4.69) is 5.32 Å². The molecule has 7 heteroatoms. The standard InChI is InChI=1S/C29H25ClN2O4/c1-17(33)32-26-9-4-3-8-24(26)31-25-15-21(19-10-12-22(30)13-11-19)16-27(35)28(25)29(32)20-6-5-7-23(14-20)36-18(2)34/h3-14,21,29,31H,15-16H2,1-2H3/t21-,29-/m0/s1. The van der Waals surface area contributed by atoms with Gasteiger partial charge >= 0.3 is 5.97 Å². The zero-order chi connectivity index (χ0) is 25.4. The van der Waals surface area contributed by atoms with E-state index in [0.29, 0.717) is 40.4 Å². The van der Waals surface area contributed by atoms with Crippen molar-refractivity contribution >= 4 is 40.6 Å². The molecule has 36 heavy (non-hydrogen) atoms. The second kappa shape index (κ2) is 9.63. The molecule has 1 aliphatic heterocycles. The van der Waals surface area contributed by atoms with Gasteiger partial charge in [0.15, 0.2) is 5.78 Å². The molecule has 5 rings (SSSR count). The summed E-state index contributed by atoms with van der Waals surface area (Å²) < 4.78 is 5.32. The van der Waals surface area contributed by atoms with E-state index in [4.69, 9.17) is 16.3 Å². The molecule has 1 amide bonds. The summed E-state index contributed by atoms with van der Waals surface area (Å²) in [6.07, 6.45) is 0.910. The number of hydrogen-bond acceptors (Lipinski definition) is 5. The number of benzene rings is 3. The summed E-state index contributed by atoms with van der Waals surface area (Å²) in [5, 5.41) is 4.13. The summed E-state index contributed by atoms with van der Waals surface area (Å²) in [6, 6.07) is 21.5. The number of ether oxygens (including phenoxy) is 1. The van der Waals surface area contributed by atoms with Gasteiger partial charge in [-0.1, -0.05) is 48.0 Å². The number of anilines is 2. The van der Waals surface area contributed by atoms with Gasteiger partial charge in [-0.05, 0) is 59.9 Å². The van der Waals surface area contributed by atoms with E-state index in [1.54, 1.807) is 23.1 Å². The van der Waals surface area contributed by atoms with Crippen molar-refractivity contribution in [3.05, 3.63) is 100 Å². The summed E-state index contributed by atoms with van der Waals surface area (Å²) in [5.41, 5.74) is 4.49. The van der Waals surface area contributed by atoms with Crippen molar-refractivity contribution in [2.24, 2.45) is 0 Å². The second-order valence-electron chi connectivity index (χ2n) is 9.07. The number of Topliss-reactive ketones (excluding diaryl/α,β-unsaturated/α-hetero) is 1. The van der Waals surface area contributed by atoms with E-state index >= 15 is 0 Å². The summed E-state index contributed by atoms with van der Waals surface area (Å²) in [6.45, 7) is 2.83. The molecule has 2 atom stereocenters. The number of carbonyl (C=O) groups excluding carboxylic acids is 3. The van der Waals surface area contributed by atoms with Gasteiger partial charge in [0, 0.05) is 36.6 Å². The number of nitrogens with zero attached hydrogens (tertiary/aromatic N) is 1. The van der Waals surface area contributed by atoms with Gasteiger partial charge in [0.2, 0.25) is 5.91 Å². The van der Waals surface area contributed by atoms with Gasteiger partial charge in [-0.2, -0.15) is 0 Å². The highest BCUT2D eigenvalue weighted by molar-refractivity contribution is 6.30. The molecule has 0 spiro atoms. The topological polar surface area (TPSA) is 75.7 Å². The minimum absolute atomic E-state index is 0.0231. The number of rotatable bonds is 3. The third-order valence-electron chi connectivity index (χ3n) is 6.60. The molecule has 3 aromatic rings. The fourth-order valence-electron chi connectivity index (χ4n) is 5.14. The first-order valence-corrected chi connectivity index (χ1v) is 12.2. The number of fused-ring (bicyclic) bond motifs is 1. The summed E-state index contributed by atoms with van der Waals surface area (Å²) in [7, 11) is 0. The number of carbonyl (C=O) groups is 3. The van der Waals surface area contributed by atoms with Gasteiger partial charge in [0.05, 0.1) is 17.4 Å². The highest BCUT2D eigenvalue weighted by atomic mass is 35.5. The smallest absolute Gasteiger partial charge is 0.308 e. The molecule has 0 unspecified atom stereocenters. The highest BCUT2D eigenvalue weighted by Crippen LogP contribution is 2.47. The monoisotopic (exact) mass is 500 g/mol. The second-order valence-corrected chi connectivity index (χ2v) is 9.51. The van der Waals surface area contributed by atoms with Crippen LogP contribution in [-0.2, 0) is 14.4 Å². The van der Waals surface area contributed by atoms with E-state index in [1.165, 1.54) is 13.8 Å². The van der Waals surface area contributed by atoms with Crippen LogP contribution in [0.3, 0.4) is 0 Å². The van der Waals surface area contributed by atoms with Crippen LogP contribution in [0.15, 0.2) is 84.1 Å². The third kappa shape index (κ3) is 4.52. The predicted molar refractivity (Wildman–Crippen MR) is 139 cm³/mol. The zero-order valence-corrected chi connectivity index (χ0v) is 20.7. The molecule has 0 aromatic heterocycles. The van der Waals surface area contributed by atoms with Crippen molar-refractivity contribution in [1.82, 2.24) is 0 Å². The Balaban J connectivity index is 1.68. The molecular formula is C29H25ClN2O4. The molecule has 1 N–H and O–H groups in total. The van der Waals surface area contributed by atoms with Crippen molar-refractivity contribution in [1.29, 1.82) is 0 Å². The van der Waals surface area contributed by atoms with Crippen molar-refractivity contribution in [3.63, 3.8) is 0 Å². The van der Waals surface area contributed by atoms with Gasteiger partial charge in [-0.15, -0.1) is 0 Å². The molecule has 1 aliphatic carbocycles. The molecule has 0 saturated heterocycles. The number of ketones is 1. The molecule has 0 radical (unpaired) electrons. The number of allylic oxidation sites excluding steroid dienone is 1. The number of nitrogens with one attached hydrogen (secondary N) is 1. The van der Waals surface area contributed by atoms with Gasteiger partial charge < -0.3 is 10.1 Å². The molecule has 182 valence electrons. The molecule has 0 bridgehead atoms. The van der Waals surface area contributed by atoms with Crippen LogP contribution in [0.25, 0.3) is 0 Å². The largest absolute Gasteiger partial charge is 0.427 e. The highest BCUT2D eigenvalue weighted by Gasteiger charge is 2.40. The Hall–Kier alpha value is -3.90. The molecule has 3 aromatic carbocycles. The van der Waals surface area contributed by atoms with Crippen molar-refractivity contribution < 1.29 is 19.1 Å². The average Bonchev–Trinajstić information content (AvgIpc) is 2.99. The molecule has 0 fully saturated rings. The lowest BCUT2D eigenvalue weighted by Gasteiger charge is -2.34. The summed E-state index contributed by atoms with van der Waals surface area (Å²) in [4.78, 5) is 40.2. The van der Waals surface area contributed by atoms with Gasteiger partial charge in [0.25, 0.3) is 0 Å². The van der Waals surface area contributed by atoms with Crippen LogP contribution in [0.5, 0.6) is 5.75 Å². The molecular weight excluding hydrogens is 476 g/mol. The van der Waals surface area contributed by atoms with E-state index < -0.39 is 12.0 Å². The number of halogens is 1. The van der Waals surface area contributed by atoms with Crippen LogP contribution >= 0.6 is 11.6 Å². The van der Waals surface area contributed by atoms with Crippen LogP contribution in [-0.4, -0.2) is 17.7 Å². The maximum Gasteiger partial charge on any atom is 0.308 e. The van der Waals surface area contributed by atoms with E-state index in [1.807, 2.05) is 54.6 Å². The first kappa shape index (κ1) is 23.8. The van der Waals surface area contributed by atoms with Crippen molar-refractivity contribution in [2.75, 3.05) is 10.2 Å². The lowest BCUT2D eigenvalue weighted by molar-refractivity contribution is -0.132. The lowest BCUT2D eigenvalue weighted by atomic mass is 9.78. The van der Waals surface area contributed by atoms with Crippen LogP contribution in [0.4, 0.5) is 11.4 Å². The molecule has 6 nitrogen and oxygen atoms in total. The predicted octanol–water partition coefficient (Wildman–Crippen LogP) is 6.19. The first-order chi connectivity index (χ1) is 17.3. The van der Waals surface area contributed by atoms with Gasteiger partial charge in [-0.25, -0.2) is 0 Å². The summed E-state index contributed by atoms with van der Waals surface area (Å²) in [5.74, 6) is -0.342. The van der Waals surface area contributed by atoms with Crippen LogP contribution in [0.2, 0.25) is 5.02 Å². The Labute approximate surface area is 214 Å². The zero-order valence-electron chi connectivity index (χ0n) is 20.0. The molecule has 1 heterocycles. The SMILES string of the molecule is CC(=O)Oc1cccc([C@H]2C3=C(C[C@H](c4ccc(Cl)cc4)CC3=O)Nc3ccccc3N2C(C)=O)c1. The maximum absolute atomic E-state index is 13.9. The minimum Gasteiger partial charge on any atom is -0.427 e. The Kier molecular flexibility index (Phi) is 6.37. The minimum atomic E-state index is -0.678. The first-order valence-electron chi connectivity index (χ1n) is 11.8. The Morgan fingerprint density at radius 1 is 0.944 bits per heavy atom. The third-order valence-corrected chi connectivity index (χ3v) is 6.86. The van der Waals surface area contributed by atoms with E-state index in [-0.39, 0.29) is 17.6 Å². The lowest BCUT2D eigenvalue weighted by Crippen LogP contribution is -2.37. The fourth-order valence-corrected chi connectivity index (χ4v) is 5.26. The Morgan fingerprint density at radius 2 is 1.69 bits per heavy atom. The molecule has 0 saturated carbocycles. The Morgan fingerprint density at radius 3 is 2.42 bits per heavy atom. The number of para-hydroxylation sites is 2. The quantitative estimate of drug-likeness (QED) is 0.343. The van der Waals surface area contributed by atoms with E-state index in [9.17, 15) is 14.4 Å². The van der Waals surface area contributed by atoms with E-state index in [0.717, 1.165) is 16.9 Å². The normalized spacial score (nSPS) is 19.1. The molecule has 2 aliphatic rings. The number of hydrogen-bond donors (Lipinski definition) is 1. The van der Waals surface area contributed by atoms with Crippen molar-refractivity contribution in [3.8, 4) is 5.75 Å². The van der Waals surface area contributed by atoms with Crippen LogP contribution in [0.1, 0.15) is 49.8 Å². The number of esters is 1.